The zero-order chi connectivity index (χ0) is 17.0. The van der Waals surface area contributed by atoms with E-state index in [-0.39, 0.29) is 10.6 Å². The van der Waals surface area contributed by atoms with Crippen LogP contribution in [0.1, 0.15) is 31.7 Å². The van der Waals surface area contributed by atoms with Crippen LogP contribution in [0.25, 0.3) is 0 Å². The Morgan fingerprint density at radius 2 is 1.83 bits per heavy atom. The Morgan fingerprint density at radius 1 is 1.17 bits per heavy atom. The minimum atomic E-state index is -3.86. The number of benzene rings is 2. The third-order valence-electron chi connectivity index (χ3n) is 3.68. The van der Waals surface area contributed by atoms with E-state index in [0.29, 0.717) is 11.6 Å². The molecule has 0 aliphatic carbocycles. The van der Waals surface area contributed by atoms with Crippen LogP contribution < -0.4 is 4.72 Å². The van der Waals surface area contributed by atoms with Crippen LogP contribution >= 0.6 is 0 Å². The molecule has 1 atom stereocenters. The highest BCUT2D eigenvalue weighted by molar-refractivity contribution is 7.92. The molecule has 0 spiro atoms. The number of nitro benzene ring substituents is 1. The highest BCUT2D eigenvalue weighted by Gasteiger charge is 2.17. The minimum absolute atomic E-state index is 0.141. The molecule has 2 aromatic carbocycles. The number of rotatable bonds is 6. The van der Waals surface area contributed by atoms with Crippen molar-refractivity contribution in [2.45, 2.75) is 31.1 Å². The maximum atomic E-state index is 12.3. The van der Waals surface area contributed by atoms with Crippen molar-refractivity contribution in [3.63, 3.8) is 0 Å². The van der Waals surface area contributed by atoms with Gasteiger partial charge in [0.2, 0.25) is 0 Å². The summed E-state index contributed by atoms with van der Waals surface area (Å²) in [7, 11) is -3.86. The smallest absolute Gasteiger partial charge is 0.270 e. The highest BCUT2D eigenvalue weighted by atomic mass is 32.2. The number of nitrogens with zero attached hydrogens (tertiary/aromatic N) is 1. The molecule has 2 aromatic rings. The van der Waals surface area contributed by atoms with E-state index in [4.69, 9.17) is 0 Å². The summed E-state index contributed by atoms with van der Waals surface area (Å²) >= 11 is 0. The molecule has 0 saturated heterocycles. The topological polar surface area (TPSA) is 89.3 Å². The van der Waals surface area contributed by atoms with E-state index in [9.17, 15) is 18.5 Å². The maximum Gasteiger partial charge on any atom is 0.270 e. The van der Waals surface area contributed by atoms with E-state index in [1.165, 1.54) is 18.2 Å². The molecule has 1 N–H and O–H groups in total. The van der Waals surface area contributed by atoms with Crippen LogP contribution in [0.4, 0.5) is 11.4 Å². The second kappa shape index (κ2) is 6.78. The normalized spacial score (nSPS) is 12.6. The van der Waals surface area contributed by atoms with Crippen molar-refractivity contribution < 1.29 is 13.3 Å². The highest BCUT2D eigenvalue weighted by Crippen LogP contribution is 2.23. The van der Waals surface area contributed by atoms with Crippen LogP contribution in [-0.2, 0) is 10.0 Å². The van der Waals surface area contributed by atoms with Crippen LogP contribution in [0.5, 0.6) is 0 Å². The lowest BCUT2D eigenvalue weighted by atomic mass is 9.99. The largest absolute Gasteiger partial charge is 0.280 e. The molecule has 1 unspecified atom stereocenters. The summed E-state index contributed by atoms with van der Waals surface area (Å²) in [6, 6.07) is 12.1. The average Bonchev–Trinajstić information content (AvgIpc) is 2.54. The van der Waals surface area contributed by atoms with Crippen LogP contribution in [0, 0.1) is 10.1 Å². The van der Waals surface area contributed by atoms with Gasteiger partial charge in [-0.25, -0.2) is 8.42 Å². The lowest BCUT2D eigenvalue weighted by Gasteiger charge is -2.11. The molecule has 122 valence electrons. The minimum Gasteiger partial charge on any atom is -0.280 e. The zero-order valence-electron chi connectivity index (χ0n) is 12.9. The van der Waals surface area contributed by atoms with E-state index in [2.05, 4.69) is 18.6 Å². The molecule has 0 bridgehead atoms. The van der Waals surface area contributed by atoms with E-state index < -0.39 is 14.9 Å². The second-order valence-electron chi connectivity index (χ2n) is 5.29. The second-order valence-corrected chi connectivity index (χ2v) is 6.97. The Balaban J connectivity index is 2.24. The molecular formula is C16H18N2O4S. The lowest BCUT2D eigenvalue weighted by molar-refractivity contribution is -0.385. The Kier molecular flexibility index (Phi) is 5.00. The van der Waals surface area contributed by atoms with Gasteiger partial charge in [0.05, 0.1) is 9.82 Å². The van der Waals surface area contributed by atoms with E-state index in [1.807, 2.05) is 12.1 Å². The van der Waals surface area contributed by atoms with E-state index in [1.54, 1.807) is 12.1 Å². The van der Waals surface area contributed by atoms with Gasteiger partial charge in [0.25, 0.3) is 15.7 Å². The molecule has 23 heavy (non-hydrogen) atoms. The molecule has 7 heteroatoms. The standard InChI is InChI=1S/C16H18N2O4S/c1-3-12(2)13-7-9-14(10-8-13)17-23(21,22)16-6-4-5-15(11-16)18(19)20/h4-12,17H,3H2,1-2H3. The number of hydrogen-bond acceptors (Lipinski definition) is 4. The summed E-state index contributed by atoms with van der Waals surface area (Å²) in [5, 5.41) is 10.8. The van der Waals surface area contributed by atoms with E-state index >= 15 is 0 Å². The predicted molar refractivity (Wildman–Crippen MR) is 89.1 cm³/mol. The number of nitro groups is 1. The summed E-state index contributed by atoms with van der Waals surface area (Å²) in [5.41, 5.74) is 1.29. The van der Waals surface area contributed by atoms with Gasteiger partial charge in [0.15, 0.2) is 0 Å². The van der Waals surface area contributed by atoms with Crippen molar-refractivity contribution in [1.29, 1.82) is 0 Å². The number of sulfonamides is 1. The van der Waals surface area contributed by atoms with Gasteiger partial charge in [-0.05, 0) is 36.1 Å². The Bertz CT molecular complexity index is 801. The van der Waals surface area contributed by atoms with Gasteiger partial charge in [0.1, 0.15) is 0 Å². The summed E-state index contributed by atoms with van der Waals surface area (Å²) in [5.74, 6) is 0.400. The number of hydrogen-bond donors (Lipinski definition) is 1. The van der Waals surface area contributed by atoms with Crippen molar-refractivity contribution in [1.82, 2.24) is 0 Å². The summed E-state index contributed by atoms with van der Waals surface area (Å²) < 4.78 is 27.1. The van der Waals surface area contributed by atoms with Crippen molar-refractivity contribution >= 4 is 21.4 Å². The SMILES string of the molecule is CCC(C)c1ccc(NS(=O)(=O)c2cccc([N+](=O)[O-])c2)cc1. The molecule has 2 rings (SSSR count). The molecule has 0 radical (unpaired) electrons. The van der Waals surface area contributed by atoms with E-state index in [0.717, 1.165) is 18.1 Å². The quantitative estimate of drug-likeness (QED) is 0.640. The maximum absolute atomic E-state index is 12.3. The third kappa shape index (κ3) is 4.07. The Hall–Kier alpha value is -2.41. The fourth-order valence-electron chi connectivity index (χ4n) is 2.09. The molecule has 6 nitrogen and oxygen atoms in total. The molecule has 0 fully saturated rings. The Labute approximate surface area is 135 Å². The van der Waals surface area contributed by atoms with Gasteiger partial charge in [0, 0.05) is 17.8 Å². The van der Waals surface area contributed by atoms with Gasteiger partial charge in [-0.1, -0.05) is 32.0 Å². The van der Waals surface area contributed by atoms with Crippen molar-refractivity contribution in [3.05, 3.63) is 64.2 Å². The van der Waals surface area contributed by atoms with Gasteiger partial charge < -0.3 is 0 Å². The van der Waals surface area contributed by atoms with Crippen molar-refractivity contribution in [3.8, 4) is 0 Å². The lowest BCUT2D eigenvalue weighted by Crippen LogP contribution is -2.13. The number of non-ortho nitro benzene ring substituents is 1. The predicted octanol–water partition coefficient (Wildman–Crippen LogP) is 3.91. The van der Waals surface area contributed by atoms with Gasteiger partial charge in [-0.15, -0.1) is 0 Å². The van der Waals surface area contributed by atoms with Crippen LogP contribution in [0.15, 0.2) is 53.4 Å². The molecule has 0 aromatic heterocycles. The van der Waals surface area contributed by atoms with Crippen LogP contribution in [0.2, 0.25) is 0 Å². The molecule has 0 amide bonds. The average molecular weight is 334 g/mol. The molecular weight excluding hydrogens is 316 g/mol. The van der Waals surface area contributed by atoms with Gasteiger partial charge in [-0.2, -0.15) is 0 Å². The monoisotopic (exact) mass is 334 g/mol. The fraction of sp³-hybridized carbons (Fsp3) is 0.250. The summed E-state index contributed by atoms with van der Waals surface area (Å²) in [6.07, 6.45) is 0.999. The number of anilines is 1. The first-order valence-electron chi connectivity index (χ1n) is 7.20. The fourth-order valence-corrected chi connectivity index (χ4v) is 3.19. The summed E-state index contributed by atoms with van der Waals surface area (Å²) in [6.45, 7) is 4.19. The molecule has 0 saturated carbocycles. The molecule has 0 aliphatic heterocycles. The van der Waals surface area contributed by atoms with Crippen molar-refractivity contribution in [2.75, 3.05) is 4.72 Å². The van der Waals surface area contributed by atoms with Crippen molar-refractivity contribution in [2.24, 2.45) is 0 Å². The molecule has 0 aliphatic rings. The van der Waals surface area contributed by atoms with Gasteiger partial charge in [-0.3, -0.25) is 14.8 Å². The van der Waals surface area contributed by atoms with Crippen LogP contribution in [-0.4, -0.2) is 13.3 Å². The third-order valence-corrected chi connectivity index (χ3v) is 5.06. The zero-order valence-corrected chi connectivity index (χ0v) is 13.7. The summed E-state index contributed by atoms with van der Waals surface area (Å²) in [4.78, 5) is 9.99. The molecule has 0 heterocycles. The number of nitrogens with one attached hydrogen (secondary N) is 1. The first-order valence-corrected chi connectivity index (χ1v) is 8.69. The first-order chi connectivity index (χ1) is 10.8. The first kappa shape index (κ1) is 17.0. The van der Waals surface area contributed by atoms with Crippen LogP contribution in [0.3, 0.4) is 0 Å². The Morgan fingerprint density at radius 3 is 2.39 bits per heavy atom. The van der Waals surface area contributed by atoms with Gasteiger partial charge >= 0.3 is 0 Å².